The molecule has 2 atom stereocenters. The average molecular weight is 478 g/mol. The summed E-state index contributed by atoms with van der Waals surface area (Å²) >= 11 is 6.38. The second-order valence-corrected chi connectivity index (χ2v) is 8.48. The van der Waals surface area contributed by atoms with Gasteiger partial charge in [-0.15, -0.1) is 0 Å². The predicted molar refractivity (Wildman–Crippen MR) is 139 cm³/mol. The first-order chi connectivity index (χ1) is 16.5. The number of nitrogens with one attached hydrogen (secondary N) is 3. The van der Waals surface area contributed by atoms with Gasteiger partial charge in [0.25, 0.3) is 5.56 Å². The summed E-state index contributed by atoms with van der Waals surface area (Å²) in [5.74, 6) is 1.90. The monoisotopic (exact) mass is 477 g/mol. The van der Waals surface area contributed by atoms with E-state index in [9.17, 15) is 4.79 Å². The maximum absolute atomic E-state index is 13.6. The number of aromatic nitrogens is 4. The maximum atomic E-state index is 13.6. The smallest absolute Gasteiger partial charge is 0.281 e. The van der Waals surface area contributed by atoms with Gasteiger partial charge in [0.1, 0.15) is 18.0 Å². The van der Waals surface area contributed by atoms with E-state index >= 15 is 0 Å². The van der Waals surface area contributed by atoms with E-state index in [0.717, 1.165) is 17.9 Å². The van der Waals surface area contributed by atoms with Crippen molar-refractivity contribution in [2.75, 3.05) is 16.1 Å². The molecule has 34 heavy (non-hydrogen) atoms. The van der Waals surface area contributed by atoms with Crippen molar-refractivity contribution in [1.82, 2.24) is 19.6 Å². The minimum atomic E-state index is -0.307. The van der Waals surface area contributed by atoms with Crippen LogP contribution in [0.4, 0.5) is 17.3 Å². The van der Waals surface area contributed by atoms with Gasteiger partial charge in [0.15, 0.2) is 5.82 Å². The molecule has 0 saturated heterocycles. The Labute approximate surface area is 203 Å². The standard InChI is InChI=1S/C25H28ClN7O/c1-4-16(3)29-21-14-22(28-15-27-21)30-19(5-2)24-31-20-13-9-12-18(26)23(20)25(34)33(24)32-17-10-7-6-8-11-17/h6-16,19,32H,4-5H2,1-3H3,(H2,27,28,29,30). The fraction of sp³-hybridized carbons (Fsp3) is 0.280. The third-order valence-corrected chi connectivity index (χ3v) is 5.92. The van der Waals surface area contributed by atoms with E-state index in [0.29, 0.717) is 34.0 Å². The van der Waals surface area contributed by atoms with Crippen LogP contribution in [0.15, 0.2) is 65.7 Å². The van der Waals surface area contributed by atoms with Crippen molar-refractivity contribution in [2.24, 2.45) is 0 Å². The van der Waals surface area contributed by atoms with Crippen LogP contribution in [-0.2, 0) is 0 Å². The Bertz CT molecular complexity index is 1330. The van der Waals surface area contributed by atoms with Crippen molar-refractivity contribution < 1.29 is 0 Å². The van der Waals surface area contributed by atoms with Crippen LogP contribution in [-0.4, -0.2) is 25.7 Å². The van der Waals surface area contributed by atoms with Crippen molar-refractivity contribution in [2.45, 2.75) is 45.7 Å². The van der Waals surface area contributed by atoms with Gasteiger partial charge in [0, 0.05) is 12.1 Å². The summed E-state index contributed by atoms with van der Waals surface area (Å²) < 4.78 is 1.46. The first-order valence-electron chi connectivity index (χ1n) is 11.4. The summed E-state index contributed by atoms with van der Waals surface area (Å²) in [6.07, 6.45) is 3.15. The number of hydrogen-bond acceptors (Lipinski definition) is 7. The second-order valence-electron chi connectivity index (χ2n) is 8.07. The Morgan fingerprint density at radius 3 is 2.41 bits per heavy atom. The normalized spacial score (nSPS) is 12.8. The highest BCUT2D eigenvalue weighted by atomic mass is 35.5. The first kappa shape index (κ1) is 23.5. The Morgan fingerprint density at radius 1 is 0.971 bits per heavy atom. The zero-order chi connectivity index (χ0) is 24.1. The van der Waals surface area contributed by atoms with Crippen LogP contribution in [0.5, 0.6) is 0 Å². The van der Waals surface area contributed by atoms with Crippen LogP contribution >= 0.6 is 11.6 Å². The van der Waals surface area contributed by atoms with Gasteiger partial charge in [-0.2, -0.15) is 0 Å². The van der Waals surface area contributed by atoms with E-state index < -0.39 is 0 Å². The molecule has 0 amide bonds. The van der Waals surface area contributed by atoms with Crippen molar-refractivity contribution in [3.05, 3.63) is 82.1 Å². The molecule has 2 unspecified atom stereocenters. The molecule has 176 valence electrons. The van der Waals surface area contributed by atoms with Crippen LogP contribution in [0, 0.1) is 0 Å². The zero-order valence-corrected chi connectivity index (χ0v) is 20.2. The number of benzene rings is 2. The lowest BCUT2D eigenvalue weighted by Crippen LogP contribution is -2.34. The van der Waals surface area contributed by atoms with Gasteiger partial charge < -0.3 is 10.6 Å². The van der Waals surface area contributed by atoms with Crippen LogP contribution in [0.3, 0.4) is 0 Å². The van der Waals surface area contributed by atoms with Crippen molar-refractivity contribution in [3.63, 3.8) is 0 Å². The third kappa shape index (κ3) is 5.12. The summed E-state index contributed by atoms with van der Waals surface area (Å²) in [6, 6.07) is 16.6. The molecule has 8 nitrogen and oxygen atoms in total. The molecular formula is C25H28ClN7O. The van der Waals surface area contributed by atoms with Crippen LogP contribution in [0.2, 0.25) is 5.02 Å². The number of nitrogens with zero attached hydrogens (tertiary/aromatic N) is 4. The Kier molecular flexibility index (Phi) is 7.27. The summed E-state index contributed by atoms with van der Waals surface area (Å²) in [6.45, 7) is 6.24. The Hall–Kier alpha value is -3.65. The van der Waals surface area contributed by atoms with E-state index in [1.54, 1.807) is 18.2 Å². The zero-order valence-electron chi connectivity index (χ0n) is 19.4. The van der Waals surface area contributed by atoms with E-state index in [2.05, 4.69) is 39.9 Å². The molecule has 0 bridgehead atoms. The molecule has 0 fully saturated rings. The summed E-state index contributed by atoms with van der Waals surface area (Å²) in [7, 11) is 0. The van der Waals surface area contributed by atoms with Crippen LogP contribution in [0.1, 0.15) is 45.5 Å². The number of hydrogen-bond donors (Lipinski definition) is 3. The molecule has 2 heterocycles. The largest absolute Gasteiger partial charge is 0.367 e. The van der Waals surface area contributed by atoms with Crippen molar-refractivity contribution in [1.29, 1.82) is 0 Å². The molecule has 0 aliphatic carbocycles. The summed E-state index contributed by atoms with van der Waals surface area (Å²) in [5.41, 5.74) is 4.24. The molecule has 3 N–H and O–H groups in total. The minimum Gasteiger partial charge on any atom is -0.367 e. The minimum absolute atomic E-state index is 0.267. The number of rotatable bonds is 9. The van der Waals surface area contributed by atoms with Gasteiger partial charge in [-0.05, 0) is 44.0 Å². The molecule has 0 saturated carbocycles. The average Bonchev–Trinajstić information content (AvgIpc) is 2.85. The lowest BCUT2D eigenvalue weighted by Gasteiger charge is -2.23. The lowest BCUT2D eigenvalue weighted by atomic mass is 10.1. The van der Waals surface area contributed by atoms with Gasteiger partial charge in [-0.3, -0.25) is 10.2 Å². The lowest BCUT2D eigenvalue weighted by molar-refractivity contribution is 0.640. The molecule has 4 aromatic rings. The van der Waals surface area contributed by atoms with E-state index in [1.807, 2.05) is 43.3 Å². The molecule has 0 aliphatic heterocycles. The van der Waals surface area contributed by atoms with Crippen molar-refractivity contribution >= 4 is 39.8 Å². The van der Waals surface area contributed by atoms with Gasteiger partial charge in [-0.1, -0.05) is 49.7 Å². The summed E-state index contributed by atoms with van der Waals surface area (Å²) in [4.78, 5) is 27.1. The highest BCUT2D eigenvalue weighted by Crippen LogP contribution is 2.25. The van der Waals surface area contributed by atoms with Crippen molar-refractivity contribution in [3.8, 4) is 0 Å². The highest BCUT2D eigenvalue weighted by Gasteiger charge is 2.21. The van der Waals surface area contributed by atoms with Gasteiger partial charge >= 0.3 is 0 Å². The SMILES string of the molecule is CCC(C)Nc1cc(NC(CC)c2nc3cccc(Cl)c3c(=O)n2Nc2ccccc2)ncn1. The predicted octanol–water partition coefficient (Wildman–Crippen LogP) is 5.49. The quantitative estimate of drug-likeness (QED) is 0.293. The van der Waals surface area contributed by atoms with E-state index in [-0.39, 0.29) is 17.6 Å². The molecule has 2 aromatic carbocycles. The topological polar surface area (TPSA) is 96.8 Å². The fourth-order valence-electron chi connectivity index (χ4n) is 3.59. The first-order valence-corrected chi connectivity index (χ1v) is 11.8. The van der Waals surface area contributed by atoms with Gasteiger partial charge in [-0.25, -0.2) is 19.6 Å². The van der Waals surface area contributed by atoms with E-state index in [1.165, 1.54) is 11.0 Å². The molecule has 9 heteroatoms. The fourth-order valence-corrected chi connectivity index (χ4v) is 3.84. The highest BCUT2D eigenvalue weighted by molar-refractivity contribution is 6.35. The molecular weight excluding hydrogens is 450 g/mol. The van der Waals surface area contributed by atoms with Gasteiger partial charge in [0.05, 0.1) is 27.7 Å². The molecule has 4 rings (SSSR count). The van der Waals surface area contributed by atoms with Gasteiger partial charge in [0.2, 0.25) is 0 Å². The summed E-state index contributed by atoms with van der Waals surface area (Å²) in [5, 5.41) is 7.51. The molecule has 0 spiro atoms. The molecule has 2 aromatic heterocycles. The number of anilines is 3. The second kappa shape index (κ2) is 10.5. The number of halogens is 1. The number of para-hydroxylation sites is 1. The third-order valence-electron chi connectivity index (χ3n) is 5.60. The Balaban J connectivity index is 1.77. The molecule has 0 aliphatic rings. The number of fused-ring (bicyclic) bond motifs is 1. The van der Waals surface area contributed by atoms with Crippen LogP contribution in [0.25, 0.3) is 10.9 Å². The van der Waals surface area contributed by atoms with E-state index in [4.69, 9.17) is 16.6 Å². The Morgan fingerprint density at radius 2 is 1.71 bits per heavy atom. The molecule has 0 radical (unpaired) electrons. The maximum Gasteiger partial charge on any atom is 0.281 e. The van der Waals surface area contributed by atoms with Crippen LogP contribution < -0.4 is 21.6 Å².